The van der Waals surface area contributed by atoms with E-state index in [0.717, 1.165) is 13.1 Å². The zero-order valence-electron chi connectivity index (χ0n) is 11.6. The maximum Gasteiger partial charge on any atom is 0.0398 e. The number of unbranched alkanes of at least 4 members (excludes halogenated alkanes) is 1. The van der Waals surface area contributed by atoms with Crippen molar-refractivity contribution in [3.05, 3.63) is 29.8 Å². The van der Waals surface area contributed by atoms with Gasteiger partial charge in [0.1, 0.15) is 0 Å². The Morgan fingerprint density at radius 2 is 2.06 bits per heavy atom. The van der Waals surface area contributed by atoms with E-state index in [9.17, 15) is 0 Å². The number of anilines is 1. The fourth-order valence-electron chi connectivity index (χ4n) is 2.73. The summed E-state index contributed by atoms with van der Waals surface area (Å²) in [5.74, 6) is 0. The lowest BCUT2D eigenvalue weighted by molar-refractivity contribution is 0.620. The Kier molecular flexibility index (Phi) is 5.53. The first-order valence-corrected chi connectivity index (χ1v) is 7.45. The standard InChI is InChI=1S/C16H26N2/c1-2-17-12-6-8-14-18-13-7-5-10-15-9-3-4-11-16(15)18/h3-4,9,11,17H,2,5-8,10,12-14H2,1H3. The molecule has 0 unspecified atom stereocenters. The second-order valence-electron chi connectivity index (χ2n) is 5.13. The molecule has 1 aliphatic rings. The van der Waals surface area contributed by atoms with E-state index in [1.807, 2.05) is 0 Å². The van der Waals surface area contributed by atoms with Gasteiger partial charge >= 0.3 is 0 Å². The molecule has 1 heterocycles. The van der Waals surface area contributed by atoms with Crippen LogP contribution in [0.5, 0.6) is 0 Å². The van der Waals surface area contributed by atoms with Crippen molar-refractivity contribution in [3.8, 4) is 0 Å². The van der Waals surface area contributed by atoms with E-state index in [0.29, 0.717) is 0 Å². The second kappa shape index (κ2) is 7.42. The topological polar surface area (TPSA) is 15.3 Å². The van der Waals surface area contributed by atoms with E-state index in [2.05, 4.69) is 41.4 Å². The summed E-state index contributed by atoms with van der Waals surface area (Å²) in [7, 11) is 0. The molecule has 2 nitrogen and oxygen atoms in total. The van der Waals surface area contributed by atoms with Crippen LogP contribution >= 0.6 is 0 Å². The Labute approximate surface area is 111 Å². The van der Waals surface area contributed by atoms with Crippen molar-refractivity contribution in [2.75, 3.05) is 31.1 Å². The average Bonchev–Trinajstić information content (AvgIpc) is 2.61. The number of hydrogen-bond donors (Lipinski definition) is 1. The summed E-state index contributed by atoms with van der Waals surface area (Å²) < 4.78 is 0. The maximum atomic E-state index is 3.40. The molecule has 0 fully saturated rings. The van der Waals surface area contributed by atoms with E-state index in [1.54, 1.807) is 5.56 Å². The van der Waals surface area contributed by atoms with Gasteiger partial charge in [-0.05, 0) is 56.8 Å². The van der Waals surface area contributed by atoms with E-state index < -0.39 is 0 Å². The number of nitrogens with zero attached hydrogens (tertiary/aromatic N) is 1. The molecule has 0 amide bonds. The van der Waals surface area contributed by atoms with Crippen LogP contribution in [0.1, 0.15) is 38.2 Å². The van der Waals surface area contributed by atoms with Gasteiger partial charge in [0.2, 0.25) is 0 Å². The Bertz CT molecular complexity index is 349. The Morgan fingerprint density at radius 3 is 2.94 bits per heavy atom. The molecule has 2 heteroatoms. The molecule has 100 valence electrons. The first-order chi connectivity index (χ1) is 8.92. The van der Waals surface area contributed by atoms with Crippen LogP contribution in [0.15, 0.2) is 24.3 Å². The van der Waals surface area contributed by atoms with Gasteiger partial charge in [-0.15, -0.1) is 0 Å². The first kappa shape index (κ1) is 13.4. The van der Waals surface area contributed by atoms with Crippen molar-refractivity contribution < 1.29 is 0 Å². The molecule has 0 saturated heterocycles. The van der Waals surface area contributed by atoms with E-state index in [-0.39, 0.29) is 0 Å². The number of nitrogens with one attached hydrogen (secondary N) is 1. The van der Waals surface area contributed by atoms with Crippen LogP contribution in [0.3, 0.4) is 0 Å². The number of hydrogen-bond acceptors (Lipinski definition) is 2. The third-order valence-electron chi connectivity index (χ3n) is 3.74. The molecular formula is C16H26N2. The summed E-state index contributed by atoms with van der Waals surface area (Å²) in [6.45, 7) is 6.87. The Morgan fingerprint density at radius 1 is 1.17 bits per heavy atom. The highest BCUT2D eigenvalue weighted by Gasteiger charge is 2.13. The zero-order valence-corrected chi connectivity index (χ0v) is 11.6. The summed E-state index contributed by atoms with van der Waals surface area (Å²) in [6.07, 6.45) is 6.50. The summed E-state index contributed by atoms with van der Waals surface area (Å²) in [6, 6.07) is 8.94. The van der Waals surface area contributed by atoms with Crippen LogP contribution in [0.25, 0.3) is 0 Å². The van der Waals surface area contributed by atoms with Crippen LogP contribution in [-0.2, 0) is 6.42 Å². The lowest BCUT2D eigenvalue weighted by Crippen LogP contribution is -2.26. The molecule has 1 aromatic carbocycles. The van der Waals surface area contributed by atoms with Gasteiger partial charge in [0.15, 0.2) is 0 Å². The minimum atomic E-state index is 1.09. The van der Waals surface area contributed by atoms with Gasteiger partial charge in [-0.2, -0.15) is 0 Å². The quantitative estimate of drug-likeness (QED) is 0.775. The van der Waals surface area contributed by atoms with Gasteiger partial charge in [-0.1, -0.05) is 25.1 Å². The molecule has 0 bridgehead atoms. The highest BCUT2D eigenvalue weighted by molar-refractivity contribution is 5.54. The number of benzene rings is 1. The summed E-state index contributed by atoms with van der Waals surface area (Å²) in [5, 5.41) is 3.40. The van der Waals surface area contributed by atoms with Crippen LogP contribution in [0.4, 0.5) is 5.69 Å². The lowest BCUT2D eigenvalue weighted by Gasteiger charge is -2.25. The lowest BCUT2D eigenvalue weighted by atomic mass is 10.1. The van der Waals surface area contributed by atoms with E-state index in [1.165, 1.54) is 50.9 Å². The number of fused-ring (bicyclic) bond motifs is 1. The minimum Gasteiger partial charge on any atom is -0.371 e. The SMILES string of the molecule is CCNCCCCN1CCCCc2ccccc21. The minimum absolute atomic E-state index is 1.09. The van der Waals surface area contributed by atoms with E-state index >= 15 is 0 Å². The van der Waals surface area contributed by atoms with Crippen molar-refractivity contribution in [2.24, 2.45) is 0 Å². The van der Waals surface area contributed by atoms with Crippen molar-refractivity contribution in [1.82, 2.24) is 5.32 Å². The van der Waals surface area contributed by atoms with Crippen LogP contribution in [0, 0.1) is 0 Å². The highest BCUT2D eigenvalue weighted by atomic mass is 15.1. The van der Waals surface area contributed by atoms with Gasteiger partial charge < -0.3 is 10.2 Å². The van der Waals surface area contributed by atoms with Crippen molar-refractivity contribution in [3.63, 3.8) is 0 Å². The molecule has 18 heavy (non-hydrogen) atoms. The molecule has 1 aromatic rings. The average molecular weight is 246 g/mol. The summed E-state index contributed by atoms with van der Waals surface area (Å²) >= 11 is 0. The molecule has 0 atom stereocenters. The van der Waals surface area contributed by atoms with Crippen molar-refractivity contribution in [1.29, 1.82) is 0 Å². The third-order valence-corrected chi connectivity index (χ3v) is 3.74. The molecule has 1 N–H and O–H groups in total. The fraction of sp³-hybridized carbons (Fsp3) is 0.625. The maximum absolute atomic E-state index is 3.40. The number of rotatable bonds is 6. The molecular weight excluding hydrogens is 220 g/mol. The van der Waals surface area contributed by atoms with Crippen molar-refractivity contribution in [2.45, 2.75) is 39.0 Å². The van der Waals surface area contributed by atoms with Gasteiger partial charge in [0.05, 0.1) is 0 Å². The molecule has 1 aliphatic heterocycles. The van der Waals surface area contributed by atoms with Gasteiger partial charge in [0.25, 0.3) is 0 Å². The monoisotopic (exact) mass is 246 g/mol. The first-order valence-electron chi connectivity index (χ1n) is 7.45. The van der Waals surface area contributed by atoms with E-state index in [4.69, 9.17) is 0 Å². The summed E-state index contributed by atoms with van der Waals surface area (Å²) in [5.41, 5.74) is 3.03. The number of aryl methyl sites for hydroxylation is 1. The van der Waals surface area contributed by atoms with Crippen LogP contribution in [0.2, 0.25) is 0 Å². The van der Waals surface area contributed by atoms with Crippen LogP contribution < -0.4 is 10.2 Å². The third kappa shape index (κ3) is 3.74. The van der Waals surface area contributed by atoms with Gasteiger partial charge in [-0.3, -0.25) is 0 Å². The predicted molar refractivity (Wildman–Crippen MR) is 79.4 cm³/mol. The van der Waals surface area contributed by atoms with Crippen LogP contribution in [-0.4, -0.2) is 26.2 Å². The smallest absolute Gasteiger partial charge is 0.0398 e. The fourth-order valence-corrected chi connectivity index (χ4v) is 2.73. The molecule has 0 radical (unpaired) electrons. The zero-order chi connectivity index (χ0) is 12.6. The number of para-hydroxylation sites is 1. The molecule has 0 aromatic heterocycles. The Balaban J connectivity index is 1.88. The molecule has 2 rings (SSSR count). The highest BCUT2D eigenvalue weighted by Crippen LogP contribution is 2.26. The normalized spacial score (nSPS) is 15.3. The molecule has 0 saturated carbocycles. The second-order valence-corrected chi connectivity index (χ2v) is 5.13. The predicted octanol–water partition coefficient (Wildman–Crippen LogP) is 3.22. The van der Waals surface area contributed by atoms with Gasteiger partial charge in [-0.25, -0.2) is 0 Å². The van der Waals surface area contributed by atoms with Crippen molar-refractivity contribution >= 4 is 5.69 Å². The van der Waals surface area contributed by atoms with Gasteiger partial charge in [0, 0.05) is 18.8 Å². The summed E-state index contributed by atoms with van der Waals surface area (Å²) in [4.78, 5) is 2.59. The molecule has 0 aliphatic carbocycles. The molecule has 0 spiro atoms. The Hall–Kier alpha value is -1.02. The largest absolute Gasteiger partial charge is 0.371 e.